The molecule has 3 heteroatoms. The summed E-state index contributed by atoms with van der Waals surface area (Å²) in [4.78, 5) is 10.6. The number of hydrogen-bond acceptors (Lipinski definition) is 3. The van der Waals surface area contributed by atoms with Crippen LogP contribution in [0, 0.1) is 11.8 Å². The molecule has 0 heterocycles. The molecule has 15 heavy (non-hydrogen) atoms. The summed E-state index contributed by atoms with van der Waals surface area (Å²) >= 11 is 0. The van der Waals surface area contributed by atoms with Crippen LogP contribution < -0.4 is 0 Å². The second-order valence-electron chi connectivity index (χ2n) is 3.48. The lowest BCUT2D eigenvalue weighted by atomic mass is 10.1. The molecular weight excluding hydrogens is 192 g/mol. The van der Waals surface area contributed by atoms with E-state index in [4.69, 9.17) is 0 Å². The van der Waals surface area contributed by atoms with E-state index in [2.05, 4.69) is 23.5 Å². The van der Waals surface area contributed by atoms with Crippen LogP contribution in [-0.4, -0.2) is 24.3 Å². The fourth-order valence-electron chi connectivity index (χ4n) is 1.21. The van der Waals surface area contributed by atoms with Gasteiger partial charge in [0.2, 0.25) is 0 Å². The minimum atomic E-state index is -0.703. The van der Waals surface area contributed by atoms with Crippen molar-refractivity contribution in [3.8, 4) is 11.8 Å². The summed E-state index contributed by atoms with van der Waals surface area (Å²) in [5, 5.41) is 9.37. The Bertz CT molecular complexity index is 225. The van der Waals surface area contributed by atoms with Gasteiger partial charge in [-0.25, -0.2) is 4.79 Å². The number of hydrogen-bond donors (Lipinski definition) is 1. The molecule has 0 rings (SSSR count). The first-order chi connectivity index (χ1) is 7.20. The van der Waals surface area contributed by atoms with E-state index in [-0.39, 0.29) is 0 Å². The Morgan fingerprint density at radius 3 is 2.60 bits per heavy atom. The van der Waals surface area contributed by atoms with Gasteiger partial charge in [0.1, 0.15) is 6.10 Å². The molecular formula is C12H20O3. The van der Waals surface area contributed by atoms with E-state index >= 15 is 0 Å². The normalized spacial score (nSPS) is 11.4. The largest absolute Gasteiger partial charge is 0.459 e. The van der Waals surface area contributed by atoms with E-state index in [1.807, 2.05) is 0 Å². The average molecular weight is 212 g/mol. The second kappa shape index (κ2) is 9.54. The summed E-state index contributed by atoms with van der Waals surface area (Å²) in [7, 11) is 1.27. The Morgan fingerprint density at radius 2 is 2.00 bits per heavy atom. The first-order valence-corrected chi connectivity index (χ1v) is 5.48. The van der Waals surface area contributed by atoms with Gasteiger partial charge in [-0.1, -0.05) is 38.5 Å². The van der Waals surface area contributed by atoms with Gasteiger partial charge in [-0.15, -0.1) is 0 Å². The van der Waals surface area contributed by atoms with E-state index in [9.17, 15) is 9.90 Å². The number of rotatable bonds is 6. The zero-order valence-corrected chi connectivity index (χ0v) is 9.58. The van der Waals surface area contributed by atoms with Crippen molar-refractivity contribution < 1.29 is 14.6 Å². The summed E-state index contributed by atoms with van der Waals surface area (Å²) in [5.74, 6) is 4.08. The van der Waals surface area contributed by atoms with E-state index in [0.29, 0.717) is 6.42 Å². The molecule has 0 fully saturated rings. The van der Waals surface area contributed by atoms with Crippen LogP contribution in [0.2, 0.25) is 0 Å². The standard InChI is InChI=1S/C12H20O3/c1-3-4-5-6-7-8-11(13)9-10-12(14)15-2/h11,13H,3-8H2,1-2H3/t11-/m1/s1. The third-order valence-corrected chi connectivity index (χ3v) is 2.11. The highest BCUT2D eigenvalue weighted by molar-refractivity contribution is 5.88. The van der Waals surface area contributed by atoms with Crippen LogP contribution in [0.3, 0.4) is 0 Å². The van der Waals surface area contributed by atoms with Crippen molar-refractivity contribution >= 4 is 5.97 Å². The van der Waals surface area contributed by atoms with Gasteiger partial charge in [0.15, 0.2) is 0 Å². The average Bonchev–Trinajstić information content (AvgIpc) is 2.25. The van der Waals surface area contributed by atoms with Gasteiger partial charge in [-0.3, -0.25) is 0 Å². The van der Waals surface area contributed by atoms with Crippen molar-refractivity contribution in [3.63, 3.8) is 0 Å². The van der Waals surface area contributed by atoms with E-state index in [1.54, 1.807) is 0 Å². The molecule has 0 radical (unpaired) electrons. The van der Waals surface area contributed by atoms with Gasteiger partial charge >= 0.3 is 5.97 Å². The SMILES string of the molecule is CCCCCCC[C@@H](O)C#CC(=O)OC. The van der Waals surface area contributed by atoms with Gasteiger partial charge in [0, 0.05) is 5.92 Å². The molecule has 0 aromatic carbocycles. The van der Waals surface area contributed by atoms with Crippen LogP contribution in [0.1, 0.15) is 45.4 Å². The molecule has 0 bridgehead atoms. The number of ether oxygens (including phenoxy) is 1. The van der Waals surface area contributed by atoms with E-state index in [1.165, 1.54) is 26.4 Å². The van der Waals surface area contributed by atoms with Crippen LogP contribution in [0.25, 0.3) is 0 Å². The molecule has 0 aliphatic rings. The van der Waals surface area contributed by atoms with Crippen molar-refractivity contribution in [1.29, 1.82) is 0 Å². The Balaban J connectivity index is 3.51. The predicted octanol–water partition coefficient (Wildman–Crippen LogP) is 1.88. The fourth-order valence-corrected chi connectivity index (χ4v) is 1.21. The van der Waals surface area contributed by atoms with Crippen molar-refractivity contribution in [2.24, 2.45) is 0 Å². The number of carbonyl (C=O) groups excluding carboxylic acids is 1. The maximum absolute atomic E-state index is 10.6. The lowest BCUT2D eigenvalue weighted by molar-refractivity contribution is -0.133. The molecule has 1 atom stereocenters. The molecule has 3 nitrogen and oxygen atoms in total. The van der Waals surface area contributed by atoms with E-state index < -0.39 is 12.1 Å². The van der Waals surface area contributed by atoms with Gasteiger partial charge in [-0.05, 0) is 12.8 Å². The molecule has 0 amide bonds. The minimum absolute atomic E-state index is 0.597. The summed E-state index contributed by atoms with van der Waals surface area (Å²) in [6.07, 6.45) is 5.66. The quantitative estimate of drug-likeness (QED) is 0.316. The van der Waals surface area contributed by atoms with Crippen LogP contribution in [0.5, 0.6) is 0 Å². The molecule has 0 unspecified atom stereocenters. The molecule has 0 aliphatic heterocycles. The first kappa shape index (κ1) is 14.0. The second-order valence-corrected chi connectivity index (χ2v) is 3.48. The summed E-state index contributed by atoms with van der Waals surface area (Å²) in [6.45, 7) is 2.16. The number of methoxy groups -OCH3 is 1. The van der Waals surface area contributed by atoms with Gasteiger partial charge in [0.25, 0.3) is 0 Å². The zero-order chi connectivity index (χ0) is 11.5. The number of carbonyl (C=O) groups is 1. The highest BCUT2D eigenvalue weighted by Gasteiger charge is 1.99. The summed E-state index contributed by atoms with van der Waals surface area (Å²) in [6, 6.07) is 0. The number of aliphatic hydroxyl groups excluding tert-OH is 1. The highest BCUT2D eigenvalue weighted by Crippen LogP contribution is 2.06. The van der Waals surface area contributed by atoms with Crippen molar-refractivity contribution in [2.45, 2.75) is 51.6 Å². The minimum Gasteiger partial charge on any atom is -0.459 e. The Morgan fingerprint density at radius 1 is 1.33 bits per heavy atom. The maximum Gasteiger partial charge on any atom is 0.384 e. The first-order valence-electron chi connectivity index (χ1n) is 5.48. The molecule has 1 N–H and O–H groups in total. The van der Waals surface area contributed by atoms with Crippen molar-refractivity contribution in [3.05, 3.63) is 0 Å². The van der Waals surface area contributed by atoms with Crippen molar-refractivity contribution in [1.82, 2.24) is 0 Å². The number of esters is 1. The molecule has 0 saturated heterocycles. The topological polar surface area (TPSA) is 46.5 Å². The van der Waals surface area contributed by atoms with E-state index in [0.717, 1.165) is 12.8 Å². The van der Waals surface area contributed by atoms with Crippen LogP contribution in [-0.2, 0) is 9.53 Å². The predicted molar refractivity (Wildman–Crippen MR) is 59.2 cm³/mol. The maximum atomic E-state index is 10.6. The van der Waals surface area contributed by atoms with Crippen LogP contribution in [0.15, 0.2) is 0 Å². The molecule has 0 aromatic rings. The lowest BCUT2D eigenvalue weighted by Crippen LogP contribution is -2.04. The lowest BCUT2D eigenvalue weighted by Gasteiger charge is -2.02. The monoisotopic (exact) mass is 212 g/mol. The summed E-state index contributed by atoms with van der Waals surface area (Å²) in [5.41, 5.74) is 0. The van der Waals surface area contributed by atoms with Crippen LogP contribution in [0.4, 0.5) is 0 Å². The third-order valence-electron chi connectivity index (χ3n) is 2.11. The molecule has 0 aromatic heterocycles. The summed E-state index contributed by atoms with van der Waals surface area (Å²) < 4.78 is 4.33. The van der Waals surface area contributed by atoms with Gasteiger partial charge in [-0.2, -0.15) is 0 Å². The molecule has 0 spiro atoms. The van der Waals surface area contributed by atoms with Crippen molar-refractivity contribution in [2.75, 3.05) is 7.11 Å². The third kappa shape index (κ3) is 9.30. The Hall–Kier alpha value is -1.01. The fraction of sp³-hybridized carbons (Fsp3) is 0.750. The molecule has 0 saturated carbocycles. The number of aliphatic hydroxyl groups is 1. The van der Waals surface area contributed by atoms with Gasteiger partial charge < -0.3 is 9.84 Å². The van der Waals surface area contributed by atoms with Crippen LogP contribution >= 0.6 is 0 Å². The zero-order valence-electron chi connectivity index (χ0n) is 9.58. The highest BCUT2D eigenvalue weighted by atomic mass is 16.5. The Labute approximate surface area is 91.8 Å². The Kier molecular flexibility index (Phi) is 8.90. The molecule has 0 aliphatic carbocycles. The van der Waals surface area contributed by atoms with Gasteiger partial charge in [0.05, 0.1) is 7.11 Å². The smallest absolute Gasteiger partial charge is 0.384 e. The molecule has 86 valence electrons. The number of unbranched alkanes of at least 4 members (excludes halogenated alkanes) is 4.